The number of aromatic nitrogens is 3. The predicted molar refractivity (Wildman–Crippen MR) is 88.4 cm³/mol. The maximum Gasteiger partial charge on any atom is 0.417 e. The molecular weight excluding hydrogens is 308 g/mol. The summed E-state index contributed by atoms with van der Waals surface area (Å²) in [6.45, 7) is 0. The highest BCUT2D eigenvalue weighted by atomic mass is 16.4. The normalized spacial score (nSPS) is 10.8. The van der Waals surface area contributed by atoms with E-state index in [0.717, 1.165) is 5.69 Å². The third kappa shape index (κ3) is 2.58. The zero-order valence-corrected chi connectivity index (χ0v) is 12.4. The molecule has 0 spiro atoms. The molecule has 7 heteroatoms. The lowest BCUT2D eigenvalue weighted by atomic mass is 10.2. The van der Waals surface area contributed by atoms with Gasteiger partial charge in [-0.05, 0) is 30.3 Å². The lowest BCUT2D eigenvalue weighted by molar-refractivity contribution is 0.102. The van der Waals surface area contributed by atoms with Gasteiger partial charge in [-0.1, -0.05) is 18.2 Å². The van der Waals surface area contributed by atoms with Gasteiger partial charge in [-0.15, -0.1) is 0 Å². The van der Waals surface area contributed by atoms with Crippen molar-refractivity contribution in [3.63, 3.8) is 0 Å². The van der Waals surface area contributed by atoms with Crippen LogP contribution in [-0.2, 0) is 0 Å². The van der Waals surface area contributed by atoms with Crippen molar-refractivity contribution in [2.45, 2.75) is 0 Å². The summed E-state index contributed by atoms with van der Waals surface area (Å²) in [6, 6.07) is 14.4. The van der Waals surface area contributed by atoms with Crippen molar-refractivity contribution in [2.75, 3.05) is 5.32 Å². The van der Waals surface area contributed by atoms with Crippen LogP contribution in [0, 0.1) is 0 Å². The molecule has 0 fully saturated rings. The Morgan fingerprint density at radius 3 is 2.83 bits per heavy atom. The molecular formula is C17H12N4O3. The minimum Gasteiger partial charge on any atom is -0.408 e. The Morgan fingerprint density at radius 1 is 1.17 bits per heavy atom. The molecule has 0 aliphatic carbocycles. The second-order valence-corrected chi connectivity index (χ2v) is 5.19. The van der Waals surface area contributed by atoms with Crippen LogP contribution in [-0.4, -0.2) is 20.7 Å². The van der Waals surface area contributed by atoms with Crippen molar-refractivity contribution in [3.8, 4) is 5.69 Å². The number of aromatic amines is 1. The van der Waals surface area contributed by atoms with E-state index in [2.05, 4.69) is 15.4 Å². The van der Waals surface area contributed by atoms with Crippen molar-refractivity contribution in [1.82, 2.24) is 14.8 Å². The smallest absolute Gasteiger partial charge is 0.408 e. The van der Waals surface area contributed by atoms with E-state index < -0.39 is 5.76 Å². The molecule has 2 aromatic heterocycles. The van der Waals surface area contributed by atoms with E-state index >= 15 is 0 Å². The minimum absolute atomic E-state index is 0.289. The van der Waals surface area contributed by atoms with Crippen LogP contribution in [0.25, 0.3) is 16.8 Å². The Balaban J connectivity index is 1.57. The van der Waals surface area contributed by atoms with Crippen LogP contribution >= 0.6 is 0 Å². The van der Waals surface area contributed by atoms with E-state index in [1.54, 1.807) is 29.1 Å². The molecule has 1 amide bonds. The summed E-state index contributed by atoms with van der Waals surface area (Å²) >= 11 is 0. The fraction of sp³-hybridized carbons (Fsp3) is 0. The highest BCUT2D eigenvalue weighted by molar-refractivity contribution is 6.04. The largest absolute Gasteiger partial charge is 0.417 e. The van der Waals surface area contributed by atoms with Crippen LogP contribution in [0.3, 0.4) is 0 Å². The van der Waals surface area contributed by atoms with Crippen LogP contribution in [0.5, 0.6) is 0 Å². The highest BCUT2D eigenvalue weighted by Gasteiger charge is 2.11. The van der Waals surface area contributed by atoms with Gasteiger partial charge in [0.25, 0.3) is 5.91 Å². The van der Waals surface area contributed by atoms with Crippen molar-refractivity contribution in [3.05, 3.63) is 77.0 Å². The second kappa shape index (κ2) is 5.54. The average Bonchev–Trinajstić information content (AvgIpc) is 3.21. The van der Waals surface area contributed by atoms with E-state index in [-0.39, 0.29) is 5.91 Å². The lowest BCUT2D eigenvalue weighted by Gasteiger charge is -2.03. The van der Waals surface area contributed by atoms with E-state index in [9.17, 15) is 9.59 Å². The summed E-state index contributed by atoms with van der Waals surface area (Å²) in [6.07, 6.45) is 3.16. The second-order valence-electron chi connectivity index (χ2n) is 5.19. The number of anilines is 1. The van der Waals surface area contributed by atoms with Gasteiger partial charge in [-0.25, -0.2) is 9.48 Å². The Kier molecular flexibility index (Phi) is 3.24. The van der Waals surface area contributed by atoms with Crippen LogP contribution in [0.4, 0.5) is 5.69 Å². The van der Waals surface area contributed by atoms with Gasteiger partial charge >= 0.3 is 5.76 Å². The maximum absolute atomic E-state index is 12.3. The van der Waals surface area contributed by atoms with E-state index in [0.29, 0.717) is 22.4 Å². The van der Waals surface area contributed by atoms with Crippen molar-refractivity contribution < 1.29 is 9.21 Å². The highest BCUT2D eigenvalue weighted by Crippen LogP contribution is 2.17. The molecule has 2 aromatic carbocycles. The van der Waals surface area contributed by atoms with E-state index in [1.165, 1.54) is 6.20 Å². The van der Waals surface area contributed by atoms with Gasteiger partial charge in [0.2, 0.25) is 0 Å². The van der Waals surface area contributed by atoms with Gasteiger partial charge in [0.1, 0.15) is 0 Å². The number of oxazole rings is 1. The molecule has 4 rings (SSSR count). The molecule has 0 atom stereocenters. The predicted octanol–water partition coefficient (Wildman–Crippen LogP) is 2.56. The molecule has 4 aromatic rings. The zero-order valence-electron chi connectivity index (χ0n) is 12.4. The lowest BCUT2D eigenvalue weighted by Crippen LogP contribution is -2.11. The summed E-state index contributed by atoms with van der Waals surface area (Å²) in [4.78, 5) is 26.0. The number of para-hydroxylation sites is 1. The molecule has 118 valence electrons. The van der Waals surface area contributed by atoms with Crippen LogP contribution in [0.15, 0.2) is 70.1 Å². The molecule has 24 heavy (non-hydrogen) atoms. The molecule has 2 N–H and O–H groups in total. The molecule has 0 saturated carbocycles. The number of carbonyl (C=O) groups is 1. The number of nitrogens with zero attached hydrogens (tertiary/aromatic N) is 2. The number of fused-ring (bicyclic) bond motifs is 1. The Labute approximate surface area is 135 Å². The van der Waals surface area contributed by atoms with Crippen LogP contribution in [0.2, 0.25) is 0 Å². The number of nitrogens with one attached hydrogen (secondary N) is 2. The molecule has 0 saturated heterocycles. The molecule has 0 unspecified atom stereocenters. The van der Waals surface area contributed by atoms with Gasteiger partial charge in [-0.3, -0.25) is 9.78 Å². The first-order chi connectivity index (χ1) is 11.7. The molecule has 0 aliphatic rings. The number of hydrogen-bond acceptors (Lipinski definition) is 4. The monoisotopic (exact) mass is 320 g/mol. The number of hydrogen-bond donors (Lipinski definition) is 2. The number of amides is 1. The fourth-order valence-electron chi connectivity index (χ4n) is 2.40. The van der Waals surface area contributed by atoms with Gasteiger partial charge in [0.05, 0.1) is 23.0 Å². The van der Waals surface area contributed by atoms with Crippen molar-refractivity contribution in [2.24, 2.45) is 0 Å². The fourth-order valence-corrected chi connectivity index (χ4v) is 2.40. The van der Waals surface area contributed by atoms with Gasteiger partial charge < -0.3 is 9.73 Å². The molecule has 0 radical (unpaired) electrons. The van der Waals surface area contributed by atoms with E-state index in [1.807, 2.05) is 30.3 Å². The topological polar surface area (TPSA) is 92.9 Å². The summed E-state index contributed by atoms with van der Waals surface area (Å²) < 4.78 is 6.56. The van der Waals surface area contributed by atoms with Gasteiger partial charge in [0, 0.05) is 11.9 Å². The molecule has 2 heterocycles. The molecule has 0 bridgehead atoms. The minimum atomic E-state index is -0.530. The summed E-state index contributed by atoms with van der Waals surface area (Å²) in [5.41, 5.74) is 2.82. The van der Waals surface area contributed by atoms with Crippen molar-refractivity contribution >= 4 is 22.7 Å². The first kappa shape index (κ1) is 14.0. The number of H-pyrrole nitrogens is 1. The first-order valence-electron chi connectivity index (χ1n) is 7.23. The van der Waals surface area contributed by atoms with E-state index in [4.69, 9.17) is 4.42 Å². The summed E-state index contributed by atoms with van der Waals surface area (Å²) in [5.74, 6) is -0.819. The van der Waals surface area contributed by atoms with Crippen molar-refractivity contribution in [1.29, 1.82) is 0 Å². The third-order valence-corrected chi connectivity index (χ3v) is 3.54. The standard InChI is InChI=1S/C17H12N4O3/c22-16(11-9-18-21(10-11)13-4-2-1-3-5-13)19-12-6-7-15-14(8-12)20-17(23)24-15/h1-10H,(H,19,22)(H,20,23). The Morgan fingerprint density at radius 2 is 2.00 bits per heavy atom. The quantitative estimate of drug-likeness (QED) is 0.607. The molecule has 0 aliphatic heterocycles. The van der Waals surface area contributed by atoms with Crippen LogP contribution in [0.1, 0.15) is 10.4 Å². The molecule has 7 nitrogen and oxygen atoms in total. The number of carbonyl (C=O) groups excluding carboxylic acids is 1. The average molecular weight is 320 g/mol. The number of benzene rings is 2. The van der Waals surface area contributed by atoms with Gasteiger partial charge in [-0.2, -0.15) is 5.10 Å². The Bertz CT molecular complexity index is 1080. The first-order valence-corrected chi connectivity index (χ1v) is 7.23. The Hall–Kier alpha value is -3.61. The number of rotatable bonds is 3. The summed E-state index contributed by atoms with van der Waals surface area (Å²) in [7, 11) is 0. The summed E-state index contributed by atoms with van der Waals surface area (Å²) in [5, 5.41) is 6.96. The third-order valence-electron chi connectivity index (χ3n) is 3.54. The van der Waals surface area contributed by atoms with Crippen LogP contribution < -0.4 is 11.1 Å². The SMILES string of the molecule is O=C(Nc1ccc2oc(=O)[nH]c2c1)c1cnn(-c2ccccc2)c1. The van der Waals surface area contributed by atoms with Gasteiger partial charge in [0.15, 0.2) is 5.58 Å². The zero-order chi connectivity index (χ0) is 16.5. The maximum atomic E-state index is 12.3.